The van der Waals surface area contributed by atoms with Crippen LogP contribution in [-0.2, 0) is 4.79 Å². The molecule has 1 rings (SSSR count). The molecule has 17 heavy (non-hydrogen) atoms. The van der Waals surface area contributed by atoms with Crippen LogP contribution >= 0.6 is 0 Å². The van der Waals surface area contributed by atoms with E-state index in [1.165, 1.54) is 4.90 Å². The first-order valence-electron chi connectivity index (χ1n) is 5.86. The molecule has 1 aliphatic heterocycles. The van der Waals surface area contributed by atoms with Crippen LogP contribution in [0.15, 0.2) is 0 Å². The van der Waals surface area contributed by atoms with Crippen molar-refractivity contribution >= 4 is 11.9 Å². The Hall–Kier alpha value is -1.14. The molecule has 0 aromatic rings. The van der Waals surface area contributed by atoms with Gasteiger partial charge in [-0.2, -0.15) is 0 Å². The second-order valence-corrected chi connectivity index (χ2v) is 4.85. The van der Waals surface area contributed by atoms with Crippen LogP contribution in [-0.4, -0.2) is 66.2 Å². The Bertz CT molecular complexity index is 294. The van der Waals surface area contributed by atoms with Crippen LogP contribution in [0.2, 0.25) is 0 Å². The van der Waals surface area contributed by atoms with E-state index in [0.29, 0.717) is 12.5 Å². The van der Waals surface area contributed by atoms with Crippen molar-refractivity contribution in [2.45, 2.75) is 20.0 Å². The van der Waals surface area contributed by atoms with Crippen LogP contribution in [0.3, 0.4) is 0 Å². The molecule has 0 spiro atoms. The van der Waals surface area contributed by atoms with E-state index in [0.717, 1.165) is 11.4 Å². The molecule has 1 aliphatic rings. The Kier molecular flexibility index (Phi) is 4.89. The van der Waals surface area contributed by atoms with E-state index in [-0.39, 0.29) is 25.0 Å². The number of amides is 3. The Morgan fingerprint density at radius 1 is 1.35 bits per heavy atom. The number of likely N-dealkylation sites (N-methyl/N-ethyl adjacent to an activating group) is 1. The number of aliphatic hydroxyl groups excluding tert-OH is 1. The summed E-state index contributed by atoms with van der Waals surface area (Å²) in [6, 6.07) is -0.335. The van der Waals surface area contributed by atoms with Crippen LogP contribution < -0.4 is 5.32 Å². The average Bonchev–Trinajstić information content (AvgIpc) is 2.44. The SMILES string of the molecule is CC(C)CNCC(O)CN1C(=O)CN(C)C1=O. The van der Waals surface area contributed by atoms with Crippen molar-refractivity contribution in [2.75, 3.05) is 33.2 Å². The third-order valence-electron chi connectivity index (χ3n) is 2.56. The van der Waals surface area contributed by atoms with E-state index in [1.807, 2.05) is 0 Å². The predicted octanol–water partition coefficient (Wildman–Crippen LogP) is -0.513. The van der Waals surface area contributed by atoms with Gasteiger partial charge in [-0.3, -0.25) is 9.69 Å². The Labute approximate surface area is 102 Å². The highest BCUT2D eigenvalue weighted by Crippen LogP contribution is 2.08. The van der Waals surface area contributed by atoms with Crippen molar-refractivity contribution in [3.8, 4) is 0 Å². The van der Waals surface area contributed by atoms with Gasteiger partial charge in [0.15, 0.2) is 0 Å². The first kappa shape index (κ1) is 13.9. The first-order chi connectivity index (χ1) is 7.91. The van der Waals surface area contributed by atoms with Crippen molar-refractivity contribution in [1.29, 1.82) is 0 Å². The van der Waals surface area contributed by atoms with Crippen molar-refractivity contribution in [2.24, 2.45) is 5.92 Å². The maximum atomic E-state index is 11.5. The molecular weight excluding hydrogens is 222 g/mol. The number of urea groups is 1. The van der Waals surface area contributed by atoms with Crippen LogP contribution in [0.25, 0.3) is 0 Å². The molecule has 1 heterocycles. The van der Waals surface area contributed by atoms with Crippen molar-refractivity contribution in [1.82, 2.24) is 15.1 Å². The summed E-state index contributed by atoms with van der Waals surface area (Å²) in [5, 5.41) is 12.8. The van der Waals surface area contributed by atoms with E-state index in [9.17, 15) is 14.7 Å². The number of hydrogen-bond donors (Lipinski definition) is 2. The predicted molar refractivity (Wildman–Crippen MR) is 63.5 cm³/mol. The zero-order valence-corrected chi connectivity index (χ0v) is 10.6. The van der Waals surface area contributed by atoms with Crippen LogP contribution in [0.4, 0.5) is 4.79 Å². The molecule has 1 atom stereocenters. The fourth-order valence-corrected chi connectivity index (χ4v) is 1.66. The molecule has 0 aliphatic carbocycles. The molecule has 6 heteroatoms. The molecule has 0 saturated carbocycles. The summed E-state index contributed by atoms with van der Waals surface area (Å²) in [5.41, 5.74) is 0. The van der Waals surface area contributed by atoms with Crippen LogP contribution in [0.5, 0.6) is 0 Å². The Morgan fingerprint density at radius 2 is 2.00 bits per heavy atom. The van der Waals surface area contributed by atoms with Gasteiger partial charge in [-0.25, -0.2) is 4.79 Å². The van der Waals surface area contributed by atoms with Crippen molar-refractivity contribution in [3.05, 3.63) is 0 Å². The third kappa shape index (κ3) is 3.98. The number of nitrogens with zero attached hydrogens (tertiary/aromatic N) is 2. The van der Waals surface area contributed by atoms with Gasteiger partial charge in [0, 0.05) is 13.6 Å². The Morgan fingerprint density at radius 3 is 2.47 bits per heavy atom. The third-order valence-corrected chi connectivity index (χ3v) is 2.56. The molecule has 0 aromatic carbocycles. The second kappa shape index (κ2) is 5.97. The average molecular weight is 243 g/mol. The molecule has 3 amide bonds. The molecule has 1 saturated heterocycles. The monoisotopic (exact) mass is 243 g/mol. The molecule has 6 nitrogen and oxygen atoms in total. The molecule has 1 unspecified atom stereocenters. The standard InChI is InChI=1S/C11H21N3O3/c1-8(2)4-12-5-9(15)6-14-10(16)7-13(3)11(14)17/h8-9,12,15H,4-7H2,1-3H3. The van der Waals surface area contributed by atoms with Crippen LogP contribution in [0.1, 0.15) is 13.8 Å². The van der Waals surface area contributed by atoms with Gasteiger partial charge in [-0.1, -0.05) is 13.8 Å². The maximum Gasteiger partial charge on any atom is 0.327 e. The summed E-state index contributed by atoms with van der Waals surface area (Å²) in [4.78, 5) is 25.4. The first-order valence-corrected chi connectivity index (χ1v) is 5.86. The minimum absolute atomic E-state index is 0.0626. The molecule has 2 N–H and O–H groups in total. The van der Waals surface area contributed by atoms with Gasteiger partial charge in [-0.05, 0) is 12.5 Å². The topological polar surface area (TPSA) is 72.9 Å². The minimum atomic E-state index is -0.715. The van der Waals surface area contributed by atoms with E-state index in [4.69, 9.17) is 0 Å². The van der Waals surface area contributed by atoms with Crippen molar-refractivity contribution in [3.63, 3.8) is 0 Å². The number of rotatable bonds is 6. The van der Waals surface area contributed by atoms with E-state index >= 15 is 0 Å². The highest BCUT2D eigenvalue weighted by atomic mass is 16.3. The zero-order chi connectivity index (χ0) is 13.0. The lowest BCUT2D eigenvalue weighted by atomic mass is 10.2. The Balaban J connectivity index is 2.33. The van der Waals surface area contributed by atoms with Crippen molar-refractivity contribution < 1.29 is 14.7 Å². The van der Waals surface area contributed by atoms with E-state index in [1.54, 1.807) is 7.05 Å². The summed E-state index contributed by atoms with van der Waals surface area (Å²) in [6.07, 6.45) is -0.715. The highest BCUT2D eigenvalue weighted by molar-refractivity contribution is 6.01. The molecule has 0 aromatic heterocycles. The van der Waals surface area contributed by atoms with Gasteiger partial charge in [0.05, 0.1) is 12.6 Å². The lowest BCUT2D eigenvalue weighted by molar-refractivity contribution is -0.126. The van der Waals surface area contributed by atoms with Gasteiger partial charge in [0.25, 0.3) is 0 Å². The van der Waals surface area contributed by atoms with Gasteiger partial charge in [0.1, 0.15) is 6.54 Å². The molecule has 1 fully saturated rings. The fraction of sp³-hybridized carbons (Fsp3) is 0.818. The van der Waals surface area contributed by atoms with E-state index < -0.39 is 6.10 Å². The highest BCUT2D eigenvalue weighted by Gasteiger charge is 2.34. The summed E-state index contributed by atoms with van der Waals surface area (Å²) in [7, 11) is 1.57. The normalized spacial score (nSPS) is 18.4. The lowest BCUT2D eigenvalue weighted by Crippen LogP contribution is -2.42. The number of aliphatic hydroxyl groups is 1. The minimum Gasteiger partial charge on any atom is -0.390 e. The summed E-state index contributed by atoms with van der Waals surface area (Å²) >= 11 is 0. The second-order valence-electron chi connectivity index (χ2n) is 4.85. The largest absolute Gasteiger partial charge is 0.390 e. The van der Waals surface area contributed by atoms with E-state index in [2.05, 4.69) is 19.2 Å². The van der Waals surface area contributed by atoms with Gasteiger partial charge >= 0.3 is 6.03 Å². The van der Waals surface area contributed by atoms with Crippen LogP contribution in [0, 0.1) is 5.92 Å². The van der Waals surface area contributed by atoms with Gasteiger partial charge in [-0.15, -0.1) is 0 Å². The molecule has 0 radical (unpaired) electrons. The number of carbonyl (C=O) groups is 2. The quantitative estimate of drug-likeness (QED) is 0.616. The lowest BCUT2D eigenvalue weighted by Gasteiger charge is -2.19. The zero-order valence-electron chi connectivity index (χ0n) is 10.6. The number of β-amino-alcohol motifs (C(OH)–C–C–N with tert-alkyl or cyclic N) is 1. The number of imide groups is 1. The number of hydrogen-bond acceptors (Lipinski definition) is 4. The number of nitrogens with one attached hydrogen (secondary N) is 1. The molecule has 98 valence electrons. The smallest absolute Gasteiger partial charge is 0.327 e. The molecular formula is C11H21N3O3. The number of carbonyl (C=O) groups excluding carboxylic acids is 2. The summed E-state index contributed by atoms with van der Waals surface area (Å²) in [6.45, 7) is 5.50. The van der Waals surface area contributed by atoms with Gasteiger partial charge in [0.2, 0.25) is 5.91 Å². The fourth-order valence-electron chi connectivity index (χ4n) is 1.66. The summed E-state index contributed by atoms with van der Waals surface area (Å²) < 4.78 is 0. The van der Waals surface area contributed by atoms with Gasteiger partial charge < -0.3 is 15.3 Å². The summed E-state index contributed by atoms with van der Waals surface area (Å²) in [5.74, 6) is 0.254. The molecule has 0 bridgehead atoms. The maximum absolute atomic E-state index is 11.5.